The van der Waals surface area contributed by atoms with Gasteiger partial charge < -0.3 is 5.73 Å². The summed E-state index contributed by atoms with van der Waals surface area (Å²) in [5.41, 5.74) is 7.43. The summed E-state index contributed by atoms with van der Waals surface area (Å²) in [5, 5.41) is 0. The molecule has 11 heavy (non-hydrogen) atoms. The number of allylic oxidation sites excluding steroid dienone is 1. The molecule has 0 unspecified atom stereocenters. The maximum absolute atomic E-state index is 5.61. The van der Waals surface area contributed by atoms with Crippen LogP contribution in [0.15, 0.2) is 12.4 Å². The van der Waals surface area contributed by atoms with Crippen molar-refractivity contribution in [3.63, 3.8) is 0 Å². The van der Waals surface area contributed by atoms with Gasteiger partial charge >= 0.3 is 0 Å². The van der Waals surface area contributed by atoms with Crippen LogP contribution in [0.4, 0.5) is 5.82 Å². The smallest absolute Gasteiger partial charge is 0.134 e. The maximum Gasteiger partial charge on any atom is 0.134 e. The number of aryl methyl sites for hydroxylation is 1. The Balaban J connectivity index is 3.20. The van der Waals surface area contributed by atoms with Gasteiger partial charge in [0.15, 0.2) is 0 Å². The fourth-order valence-electron chi connectivity index (χ4n) is 0.875. The number of nitrogens with zero attached hydrogens (tertiary/aromatic N) is 2. The number of nitrogens with two attached hydrogens (primary N) is 1. The van der Waals surface area contributed by atoms with Crippen molar-refractivity contribution in [2.24, 2.45) is 0 Å². The number of nitrogen functional groups attached to an aromatic ring is 1. The van der Waals surface area contributed by atoms with Gasteiger partial charge in [-0.15, -0.1) is 0 Å². The molecular formula is C8H11N3. The first-order valence-electron chi connectivity index (χ1n) is 3.45. The highest BCUT2D eigenvalue weighted by molar-refractivity contribution is 5.62. The molecule has 3 nitrogen and oxygen atoms in total. The SMILES string of the molecule is C/C=C\c1c(C)ncnc1N. The van der Waals surface area contributed by atoms with E-state index in [1.54, 1.807) is 0 Å². The zero-order valence-corrected chi connectivity index (χ0v) is 6.70. The van der Waals surface area contributed by atoms with Crippen molar-refractivity contribution in [1.82, 2.24) is 9.97 Å². The third-order valence-electron chi connectivity index (χ3n) is 1.45. The fourth-order valence-corrected chi connectivity index (χ4v) is 0.875. The van der Waals surface area contributed by atoms with E-state index in [1.807, 2.05) is 26.0 Å². The van der Waals surface area contributed by atoms with Crippen LogP contribution in [-0.4, -0.2) is 9.97 Å². The van der Waals surface area contributed by atoms with Crippen LogP contribution in [-0.2, 0) is 0 Å². The maximum atomic E-state index is 5.61. The van der Waals surface area contributed by atoms with Crippen molar-refractivity contribution in [3.05, 3.63) is 23.7 Å². The summed E-state index contributed by atoms with van der Waals surface area (Å²) in [7, 11) is 0. The minimum absolute atomic E-state index is 0.538. The molecule has 0 atom stereocenters. The molecule has 0 fully saturated rings. The van der Waals surface area contributed by atoms with Crippen LogP contribution in [0.25, 0.3) is 6.08 Å². The Morgan fingerprint density at radius 1 is 1.45 bits per heavy atom. The topological polar surface area (TPSA) is 51.8 Å². The number of anilines is 1. The van der Waals surface area contributed by atoms with Gasteiger partial charge in [-0.3, -0.25) is 0 Å². The molecule has 1 heterocycles. The van der Waals surface area contributed by atoms with E-state index in [9.17, 15) is 0 Å². The van der Waals surface area contributed by atoms with E-state index in [4.69, 9.17) is 5.73 Å². The lowest BCUT2D eigenvalue weighted by Gasteiger charge is -2.00. The summed E-state index contributed by atoms with van der Waals surface area (Å²) in [6.07, 6.45) is 5.30. The normalized spacial score (nSPS) is 10.7. The summed E-state index contributed by atoms with van der Waals surface area (Å²) in [6.45, 7) is 3.85. The first kappa shape index (κ1) is 7.72. The second-order valence-electron chi connectivity index (χ2n) is 2.26. The summed E-state index contributed by atoms with van der Waals surface area (Å²) in [5.74, 6) is 0.538. The number of hydrogen-bond acceptors (Lipinski definition) is 3. The lowest BCUT2D eigenvalue weighted by atomic mass is 10.2. The molecule has 1 aromatic rings. The Labute approximate surface area is 66.0 Å². The highest BCUT2D eigenvalue weighted by atomic mass is 14.9. The van der Waals surface area contributed by atoms with E-state index >= 15 is 0 Å². The predicted octanol–water partition coefficient (Wildman–Crippen LogP) is 1.40. The van der Waals surface area contributed by atoms with Gasteiger partial charge in [-0.25, -0.2) is 9.97 Å². The van der Waals surface area contributed by atoms with Crippen LogP contribution in [0.2, 0.25) is 0 Å². The highest BCUT2D eigenvalue weighted by Crippen LogP contribution is 2.12. The molecule has 3 heteroatoms. The third-order valence-corrected chi connectivity index (χ3v) is 1.45. The van der Waals surface area contributed by atoms with Gasteiger partial charge in [0.25, 0.3) is 0 Å². The molecule has 0 saturated heterocycles. The first-order chi connectivity index (χ1) is 5.25. The molecule has 58 valence electrons. The third kappa shape index (κ3) is 1.55. The molecule has 0 aliphatic carbocycles. The van der Waals surface area contributed by atoms with E-state index < -0.39 is 0 Å². The average Bonchev–Trinajstić information content (AvgIpc) is 1.97. The molecule has 0 radical (unpaired) electrons. The summed E-state index contributed by atoms with van der Waals surface area (Å²) >= 11 is 0. The van der Waals surface area contributed by atoms with Crippen LogP contribution < -0.4 is 5.73 Å². The second kappa shape index (κ2) is 3.14. The molecule has 0 aliphatic rings. The van der Waals surface area contributed by atoms with E-state index in [2.05, 4.69) is 9.97 Å². The molecule has 0 aliphatic heterocycles. The summed E-state index contributed by atoms with van der Waals surface area (Å²) in [6, 6.07) is 0. The van der Waals surface area contributed by atoms with Crippen LogP contribution in [0.5, 0.6) is 0 Å². The molecule has 2 N–H and O–H groups in total. The van der Waals surface area contributed by atoms with E-state index in [0.29, 0.717) is 5.82 Å². The van der Waals surface area contributed by atoms with Crippen molar-refractivity contribution >= 4 is 11.9 Å². The minimum Gasteiger partial charge on any atom is -0.383 e. The molecule has 1 aromatic heterocycles. The lowest BCUT2D eigenvalue weighted by molar-refractivity contribution is 1.10. The number of hydrogen-bond donors (Lipinski definition) is 1. The van der Waals surface area contributed by atoms with Crippen molar-refractivity contribution < 1.29 is 0 Å². The minimum atomic E-state index is 0.538. The van der Waals surface area contributed by atoms with Gasteiger partial charge in [0.1, 0.15) is 12.1 Å². The highest BCUT2D eigenvalue weighted by Gasteiger charge is 1.99. The van der Waals surface area contributed by atoms with Crippen molar-refractivity contribution in [2.75, 3.05) is 5.73 Å². The zero-order chi connectivity index (χ0) is 8.27. The van der Waals surface area contributed by atoms with Gasteiger partial charge in [-0.05, 0) is 13.8 Å². The largest absolute Gasteiger partial charge is 0.383 e. The average molecular weight is 149 g/mol. The summed E-state index contributed by atoms with van der Waals surface area (Å²) < 4.78 is 0. The fraction of sp³-hybridized carbons (Fsp3) is 0.250. The monoisotopic (exact) mass is 149 g/mol. The first-order valence-corrected chi connectivity index (χ1v) is 3.45. The molecular weight excluding hydrogens is 138 g/mol. The second-order valence-corrected chi connectivity index (χ2v) is 2.26. The Bertz CT molecular complexity index is 258. The van der Waals surface area contributed by atoms with Crippen molar-refractivity contribution in [2.45, 2.75) is 13.8 Å². The lowest BCUT2D eigenvalue weighted by Crippen LogP contribution is -1.97. The number of aromatic nitrogens is 2. The zero-order valence-electron chi connectivity index (χ0n) is 6.70. The van der Waals surface area contributed by atoms with Crippen molar-refractivity contribution in [3.8, 4) is 0 Å². The van der Waals surface area contributed by atoms with Crippen LogP contribution in [0, 0.1) is 6.92 Å². The van der Waals surface area contributed by atoms with Gasteiger partial charge in [-0.2, -0.15) is 0 Å². The van der Waals surface area contributed by atoms with Crippen LogP contribution in [0.1, 0.15) is 18.2 Å². The molecule has 0 bridgehead atoms. The molecule has 0 aromatic carbocycles. The quantitative estimate of drug-likeness (QED) is 0.656. The Morgan fingerprint density at radius 3 is 2.73 bits per heavy atom. The standard InChI is InChI=1S/C8H11N3/c1-3-4-7-6(2)10-5-11-8(7)9/h3-5H,1-2H3,(H2,9,10,11)/b4-3-. The Hall–Kier alpha value is -1.38. The van der Waals surface area contributed by atoms with Crippen LogP contribution >= 0.6 is 0 Å². The molecule has 1 rings (SSSR count). The van der Waals surface area contributed by atoms with Gasteiger partial charge in [0.2, 0.25) is 0 Å². The van der Waals surface area contributed by atoms with E-state index in [0.717, 1.165) is 11.3 Å². The number of rotatable bonds is 1. The summed E-state index contributed by atoms with van der Waals surface area (Å²) in [4.78, 5) is 7.89. The predicted molar refractivity (Wildman–Crippen MR) is 45.9 cm³/mol. The van der Waals surface area contributed by atoms with Crippen molar-refractivity contribution in [1.29, 1.82) is 0 Å². The molecule has 0 saturated carbocycles. The van der Waals surface area contributed by atoms with Gasteiger partial charge in [0.05, 0.1) is 5.69 Å². The van der Waals surface area contributed by atoms with Gasteiger partial charge in [-0.1, -0.05) is 12.2 Å². The van der Waals surface area contributed by atoms with E-state index in [-0.39, 0.29) is 0 Å². The Morgan fingerprint density at radius 2 is 2.18 bits per heavy atom. The van der Waals surface area contributed by atoms with Gasteiger partial charge in [0, 0.05) is 5.56 Å². The van der Waals surface area contributed by atoms with Crippen LogP contribution in [0.3, 0.4) is 0 Å². The Kier molecular flexibility index (Phi) is 2.21. The van der Waals surface area contributed by atoms with E-state index in [1.165, 1.54) is 6.33 Å². The molecule has 0 spiro atoms. The molecule has 0 amide bonds.